The minimum absolute atomic E-state index is 0.0185. The average molecular weight is 361 g/mol. The topological polar surface area (TPSA) is 92.3 Å². The van der Waals surface area contributed by atoms with Gasteiger partial charge in [-0.15, -0.1) is 0 Å². The number of hydrogen-bond donors (Lipinski definition) is 2. The van der Waals surface area contributed by atoms with E-state index >= 15 is 0 Å². The molecule has 2 amide bonds. The van der Waals surface area contributed by atoms with Gasteiger partial charge in [0.2, 0.25) is 5.91 Å². The van der Waals surface area contributed by atoms with Gasteiger partial charge in [-0.05, 0) is 24.6 Å². The van der Waals surface area contributed by atoms with Crippen molar-refractivity contribution in [2.75, 3.05) is 11.5 Å². The molecule has 1 atom stereocenters. The Kier molecular flexibility index (Phi) is 4.44. The maximum Gasteiger partial charge on any atom is 0.269 e. The van der Waals surface area contributed by atoms with Crippen LogP contribution in [0.25, 0.3) is 0 Å². The van der Waals surface area contributed by atoms with E-state index in [0.29, 0.717) is 12.0 Å². The van der Waals surface area contributed by atoms with Gasteiger partial charge >= 0.3 is 0 Å². The highest BCUT2D eigenvalue weighted by atomic mass is 79.9. The van der Waals surface area contributed by atoms with Crippen LogP contribution in [-0.4, -0.2) is 31.7 Å². The van der Waals surface area contributed by atoms with Crippen molar-refractivity contribution in [3.8, 4) is 0 Å². The summed E-state index contributed by atoms with van der Waals surface area (Å²) in [6, 6.07) is 6.69. The maximum atomic E-state index is 11.8. The van der Waals surface area contributed by atoms with Gasteiger partial charge in [-0.3, -0.25) is 20.4 Å². The summed E-state index contributed by atoms with van der Waals surface area (Å²) in [5, 5.41) is 0. The number of amides is 2. The molecule has 0 aliphatic carbocycles. The lowest BCUT2D eigenvalue weighted by Crippen LogP contribution is -2.44. The fourth-order valence-corrected chi connectivity index (χ4v) is 4.06. The highest BCUT2D eigenvalue weighted by Crippen LogP contribution is 2.18. The van der Waals surface area contributed by atoms with Gasteiger partial charge in [0.25, 0.3) is 5.91 Å². The van der Waals surface area contributed by atoms with Gasteiger partial charge in [0, 0.05) is 10.0 Å². The van der Waals surface area contributed by atoms with Crippen molar-refractivity contribution in [1.29, 1.82) is 0 Å². The normalized spacial score (nSPS) is 20.4. The van der Waals surface area contributed by atoms with Crippen LogP contribution in [0.4, 0.5) is 0 Å². The average Bonchev–Trinajstić information content (AvgIpc) is 2.76. The largest absolute Gasteiger partial charge is 0.273 e. The predicted molar refractivity (Wildman–Crippen MR) is 76.5 cm³/mol. The molecule has 2 rings (SSSR count). The molecule has 1 fully saturated rings. The Morgan fingerprint density at radius 2 is 2.00 bits per heavy atom. The molecule has 0 saturated carbocycles. The minimum Gasteiger partial charge on any atom is -0.273 e. The van der Waals surface area contributed by atoms with Crippen molar-refractivity contribution in [3.05, 3.63) is 34.3 Å². The second-order valence-corrected chi connectivity index (χ2v) is 7.70. The third-order valence-corrected chi connectivity index (χ3v) is 5.25. The van der Waals surface area contributed by atoms with Crippen LogP contribution >= 0.6 is 15.9 Å². The number of rotatable bonds is 2. The fraction of sp³-hybridized carbons (Fsp3) is 0.333. The van der Waals surface area contributed by atoms with Crippen LogP contribution in [0.2, 0.25) is 0 Å². The Hall–Kier alpha value is -1.41. The zero-order valence-corrected chi connectivity index (χ0v) is 12.8. The summed E-state index contributed by atoms with van der Waals surface area (Å²) in [4.78, 5) is 23.5. The van der Waals surface area contributed by atoms with Gasteiger partial charge in [0.15, 0.2) is 9.84 Å². The standard InChI is InChI=1S/C12H13BrN2O4S/c13-10-3-1-2-8(6-10)11(16)14-15-12(17)9-4-5-20(18,19)7-9/h1-3,6,9H,4-5,7H2,(H,14,16)(H,15,17)/t9-/m0/s1. The molecule has 6 nitrogen and oxygen atoms in total. The zero-order valence-electron chi connectivity index (χ0n) is 10.4. The molecular formula is C12H13BrN2O4S. The molecule has 108 valence electrons. The van der Waals surface area contributed by atoms with E-state index in [0.717, 1.165) is 4.47 Å². The maximum absolute atomic E-state index is 11.8. The highest BCUT2D eigenvalue weighted by molar-refractivity contribution is 9.10. The van der Waals surface area contributed by atoms with Crippen molar-refractivity contribution in [3.63, 3.8) is 0 Å². The van der Waals surface area contributed by atoms with E-state index < -0.39 is 27.6 Å². The molecule has 1 aromatic rings. The number of nitrogens with one attached hydrogen (secondary N) is 2. The first-order valence-corrected chi connectivity index (χ1v) is 8.55. The van der Waals surface area contributed by atoms with Gasteiger partial charge in [-0.2, -0.15) is 0 Å². The molecule has 0 aromatic heterocycles. The Morgan fingerprint density at radius 3 is 2.60 bits per heavy atom. The van der Waals surface area contributed by atoms with Crippen molar-refractivity contribution in [2.24, 2.45) is 5.92 Å². The molecule has 20 heavy (non-hydrogen) atoms. The van der Waals surface area contributed by atoms with Crippen LogP contribution in [0.1, 0.15) is 16.8 Å². The number of hydrazine groups is 1. The number of benzene rings is 1. The monoisotopic (exact) mass is 360 g/mol. The minimum atomic E-state index is -3.12. The SMILES string of the molecule is O=C(NNC(=O)[C@H]1CCS(=O)(=O)C1)c1cccc(Br)c1. The molecular weight excluding hydrogens is 348 g/mol. The third-order valence-electron chi connectivity index (χ3n) is 2.99. The second kappa shape index (κ2) is 5.92. The zero-order chi connectivity index (χ0) is 14.8. The number of carbonyl (C=O) groups is 2. The summed E-state index contributed by atoms with van der Waals surface area (Å²) < 4.78 is 23.3. The molecule has 2 N–H and O–H groups in total. The van der Waals surface area contributed by atoms with Crippen LogP contribution in [0, 0.1) is 5.92 Å². The lowest BCUT2D eigenvalue weighted by atomic mass is 10.1. The van der Waals surface area contributed by atoms with Gasteiger partial charge in [0.05, 0.1) is 17.4 Å². The third kappa shape index (κ3) is 3.80. The first kappa shape index (κ1) is 15.0. The first-order chi connectivity index (χ1) is 9.37. The number of hydrogen-bond acceptors (Lipinski definition) is 4. The smallest absolute Gasteiger partial charge is 0.269 e. The molecule has 0 spiro atoms. The van der Waals surface area contributed by atoms with Crippen molar-refractivity contribution in [1.82, 2.24) is 10.9 Å². The van der Waals surface area contributed by atoms with E-state index in [4.69, 9.17) is 0 Å². The number of halogens is 1. The second-order valence-electron chi connectivity index (χ2n) is 4.55. The van der Waals surface area contributed by atoms with E-state index in [-0.39, 0.29) is 11.5 Å². The first-order valence-electron chi connectivity index (χ1n) is 5.93. The van der Waals surface area contributed by atoms with Gasteiger partial charge in [-0.1, -0.05) is 22.0 Å². The van der Waals surface area contributed by atoms with Crippen LogP contribution in [0.5, 0.6) is 0 Å². The molecule has 1 aliphatic rings. The lowest BCUT2D eigenvalue weighted by Gasteiger charge is -2.10. The lowest BCUT2D eigenvalue weighted by molar-refractivity contribution is -0.125. The summed E-state index contributed by atoms with van der Waals surface area (Å²) in [6.07, 6.45) is 0.293. The van der Waals surface area contributed by atoms with Gasteiger partial charge in [0.1, 0.15) is 0 Å². The Bertz CT molecular complexity index is 645. The van der Waals surface area contributed by atoms with E-state index in [1.807, 2.05) is 0 Å². The molecule has 1 aliphatic heterocycles. The summed E-state index contributed by atoms with van der Waals surface area (Å²) in [7, 11) is -3.12. The van der Waals surface area contributed by atoms with E-state index in [2.05, 4.69) is 26.8 Å². The molecule has 0 radical (unpaired) electrons. The Balaban J connectivity index is 1.89. The number of sulfone groups is 1. The van der Waals surface area contributed by atoms with Crippen LogP contribution in [0.15, 0.2) is 28.7 Å². The molecule has 0 bridgehead atoms. The Morgan fingerprint density at radius 1 is 1.25 bits per heavy atom. The fourth-order valence-electron chi connectivity index (χ4n) is 1.92. The van der Waals surface area contributed by atoms with Crippen LogP contribution < -0.4 is 10.9 Å². The summed E-state index contributed by atoms with van der Waals surface area (Å²) in [5.41, 5.74) is 4.93. The molecule has 0 unspecified atom stereocenters. The van der Waals surface area contributed by atoms with Crippen molar-refractivity contribution in [2.45, 2.75) is 6.42 Å². The summed E-state index contributed by atoms with van der Waals surface area (Å²) >= 11 is 3.24. The number of carbonyl (C=O) groups excluding carboxylic acids is 2. The van der Waals surface area contributed by atoms with E-state index in [9.17, 15) is 18.0 Å². The molecule has 1 heterocycles. The van der Waals surface area contributed by atoms with Crippen molar-refractivity contribution >= 4 is 37.6 Å². The Labute approximate surface area is 125 Å². The van der Waals surface area contributed by atoms with Crippen LogP contribution in [-0.2, 0) is 14.6 Å². The molecule has 1 saturated heterocycles. The molecule has 8 heteroatoms. The van der Waals surface area contributed by atoms with Crippen LogP contribution in [0.3, 0.4) is 0 Å². The quantitative estimate of drug-likeness (QED) is 0.757. The summed E-state index contributed by atoms with van der Waals surface area (Å²) in [5.74, 6) is -1.67. The van der Waals surface area contributed by atoms with E-state index in [1.165, 1.54) is 0 Å². The van der Waals surface area contributed by atoms with Crippen molar-refractivity contribution < 1.29 is 18.0 Å². The molecule has 1 aromatic carbocycles. The summed E-state index contributed by atoms with van der Waals surface area (Å²) in [6.45, 7) is 0. The predicted octanol–water partition coefficient (Wildman–Crippen LogP) is 0.645. The van der Waals surface area contributed by atoms with E-state index in [1.54, 1.807) is 24.3 Å². The highest BCUT2D eigenvalue weighted by Gasteiger charge is 2.33. The van der Waals surface area contributed by atoms with Gasteiger partial charge < -0.3 is 0 Å². The van der Waals surface area contributed by atoms with Gasteiger partial charge in [-0.25, -0.2) is 8.42 Å².